The Balaban J connectivity index is 1.98. The largest absolute Gasteiger partial charge is 0.493 e. The Kier molecular flexibility index (Phi) is 6.43. The van der Waals surface area contributed by atoms with Crippen LogP contribution in [0.5, 0.6) is 11.5 Å². The van der Waals surface area contributed by atoms with E-state index in [9.17, 15) is 4.79 Å². The summed E-state index contributed by atoms with van der Waals surface area (Å²) in [6.07, 6.45) is 1.68. The fraction of sp³-hybridized carbons (Fsp3) is 0.250. The molecule has 4 nitrogen and oxygen atoms in total. The molecule has 2 aromatic carbocycles. The van der Waals surface area contributed by atoms with E-state index in [0.29, 0.717) is 36.1 Å². The van der Waals surface area contributed by atoms with Crippen LogP contribution >= 0.6 is 0 Å². The summed E-state index contributed by atoms with van der Waals surface area (Å²) in [5.41, 5.74) is 1.27. The van der Waals surface area contributed by atoms with Crippen molar-refractivity contribution >= 4 is 11.6 Å². The Bertz CT molecular complexity index is 678. The number of benzene rings is 2. The van der Waals surface area contributed by atoms with Crippen molar-refractivity contribution in [2.24, 2.45) is 5.92 Å². The van der Waals surface area contributed by atoms with E-state index in [1.165, 1.54) is 0 Å². The van der Waals surface area contributed by atoms with Crippen LogP contribution in [0.2, 0.25) is 0 Å². The van der Waals surface area contributed by atoms with Gasteiger partial charge in [-0.25, -0.2) is 0 Å². The van der Waals surface area contributed by atoms with Gasteiger partial charge in [0.25, 0.3) is 5.91 Å². The molecule has 0 bridgehead atoms. The van der Waals surface area contributed by atoms with Gasteiger partial charge in [0.05, 0.1) is 6.61 Å². The van der Waals surface area contributed by atoms with Crippen molar-refractivity contribution in [2.45, 2.75) is 13.8 Å². The van der Waals surface area contributed by atoms with Gasteiger partial charge >= 0.3 is 0 Å². The molecule has 126 valence electrons. The molecule has 0 aromatic heterocycles. The van der Waals surface area contributed by atoms with Crippen LogP contribution in [-0.2, 0) is 0 Å². The van der Waals surface area contributed by atoms with Gasteiger partial charge in [0.15, 0.2) is 0 Å². The first-order valence-electron chi connectivity index (χ1n) is 7.96. The number of amides is 1. The maximum absolute atomic E-state index is 12.4. The summed E-state index contributed by atoms with van der Waals surface area (Å²) in [6, 6.07) is 14.4. The Morgan fingerprint density at radius 2 is 1.88 bits per heavy atom. The van der Waals surface area contributed by atoms with Crippen LogP contribution in [0.25, 0.3) is 0 Å². The zero-order valence-electron chi connectivity index (χ0n) is 14.1. The quantitative estimate of drug-likeness (QED) is 0.725. The van der Waals surface area contributed by atoms with E-state index < -0.39 is 0 Å². The molecular formula is C20H23NO3. The van der Waals surface area contributed by atoms with Crippen molar-refractivity contribution < 1.29 is 14.3 Å². The van der Waals surface area contributed by atoms with Gasteiger partial charge in [0.2, 0.25) is 0 Å². The van der Waals surface area contributed by atoms with E-state index in [4.69, 9.17) is 9.47 Å². The third-order valence-electron chi connectivity index (χ3n) is 3.16. The van der Waals surface area contributed by atoms with Gasteiger partial charge in [-0.1, -0.05) is 32.6 Å². The second-order valence-corrected chi connectivity index (χ2v) is 5.81. The second kappa shape index (κ2) is 8.77. The molecule has 0 radical (unpaired) electrons. The first-order valence-corrected chi connectivity index (χ1v) is 7.96. The number of carbonyl (C=O) groups is 1. The predicted molar refractivity (Wildman–Crippen MR) is 96.9 cm³/mol. The molecule has 0 heterocycles. The van der Waals surface area contributed by atoms with Gasteiger partial charge in [0.1, 0.15) is 18.1 Å². The number of hydrogen-bond donors (Lipinski definition) is 1. The molecule has 2 rings (SSSR count). The molecule has 24 heavy (non-hydrogen) atoms. The molecule has 2 aromatic rings. The second-order valence-electron chi connectivity index (χ2n) is 5.81. The fourth-order valence-electron chi connectivity index (χ4n) is 1.98. The molecule has 0 spiro atoms. The third-order valence-corrected chi connectivity index (χ3v) is 3.16. The summed E-state index contributed by atoms with van der Waals surface area (Å²) in [4.78, 5) is 12.4. The van der Waals surface area contributed by atoms with Crippen molar-refractivity contribution in [2.75, 3.05) is 18.5 Å². The van der Waals surface area contributed by atoms with Crippen LogP contribution in [0.1, 0.15) is 24.2 Å². The average molecular weight is 325 g/mol. The first kappa shape index (κ1) is 17.6. The zero-order valence-corrected chi connectivity index (χ0v) is 14.1. The van der Waals surface area contributed by atoms with Crippen molar-refractivity contribution in [1.82, 2.24) is 0 Å². The number of hydrogen-bond acceptors (Lipinski definition) is 3. The Morgan fingerprint density at radius 1 is 1.12 bits per heavy atom. The van der Waals surface area contributed by atoms with Gasteiger partial charge in [-0.05, 0) is 48.4 Å². The Hall–Kier alpha value is -2.75. The summed E-state index contributed by atoms with van der Waals surface area (Å²) >= 11 is 0. The molecular weight excluding hydrogens is 302 g/mol. The van der Waals surface area contributed by atoms with E-state index in [1.807, 2.05) is 12.1 Å². The lowest BCUT2D eigenvalue weighted by Crippen LogP contribution is -2.12. The summed E-state index contributed by atoms with van der Waals surface area (Å²) in [5.74, 6) is 1.69. The highest BCUT2D eigenvalue weighted by atomic mass is 16.5. The fourth-order valence-corrected chi connectivity index (χ4v) is 1.98. The lowest BCUT2D eigenvalue weighted by molar-refractivity contribution is 0.102. The van der Waals surface area contributed by atoms with Gasteiger partial charge in [-0.15, -0.1) is 0 Å². The summed E-state index contributed by atoms with van der Waals surface area (Å²) in [7, 11) is 0. The van der Waals surface area contributed by atoms with Crippen molar-refractivity contribution in [3.8, 4) is 11.5 Å². The number of rotatable bonds is 8. The van der Waals surface area contributed by atoms with Crippen LogP contribution in [0.15, 0.2) is 61.2 Å². The van der Waals surface area contributed by atoms with Crippen LogP contribution in [0.4, 0.5) is 5.69 Å². The summed E-state index contributed by atoms with van der Waals surface area (Å²) in [6.45, 7) is 8.84. The van der Waals surface area contributed by atoms with Gasteiger partial charge in [-0.2, -0.15) is 0 Å². The Morgan fingerprint density at radius 3 is 2.54 bits per heavy atom. The van der Waals surface area contributed by atoms with Gasteiger partial charge in [0, 0.05) is 11.3 Å². The van der Waals surface area contributed by atoms with E-state index in [2.05, 4.69) is 25.7 Å². The molecule has 0 atom stereocenters. The number of ether oxygens (including phenoxy) is 2. The molecule has 4 heteroatoms. The lowest BCUT2D eigenvalue weighted by atomic mass is 10.2. The summed E-state index contributed by atoms with van der Waals surface area (Å²) in [5, 5.41) is 2.86. The molecule has 1 amide bonds. The standard InChI is InChI=1S/C20H23NO3/c1-4-12-23-18-10-8-17(9-11-18)21-20(22)16-6-5-7-19(13-16)24-14-15(2)3/h4-11,13,15H,1,12,14H2,2-3H3,(H,21,22). The lowest BCUT2D eigenvalue weighted by Gasteiger charge is -2.10. The maximum atomic E-state index is 12.4. The van der Waals surface area contributed by atoms with Gasteiger partial charge in [-0.3, -0.25) is 4.79 Å². The third kappa shape index (κ3) is 5.47. The topological polar surface area (TPSA) is 47.6 Å². The van der Waals surface area contributed by atoms with E-state index in [1.54, 1.807) is 42.5 Å². The minimum absolute atomic E-state index is 0.176. The summed E-state index contributed by atoms with van der Waals surface area (Å²) < 4.78 is 11.1. The van der Waals surface area contributed by atoms with Gasteiger partial charge < -0.3 is 14.8 Å². The molecule has 1 N–H and O–H groups in total. The Labute approximate surface area is 143 Å². The minimum Gasteiger partial charge on any atom is -0.493 e. The zero-order chi connectivity index (χ0) is 17.4. The van der Waals surface area contributed by atoms with Crippen LogP contribution in [-0.4, -0.2) is 19.1 Å². The SMILES string of the molecule is C=CCOc1ccc(NC(=O)c2cccc(OCC(C)C)c2)cc1. The highest BCUT2D eigenvalue weighted by Gasteiger charge is 2.08. The number of nitrogens with one attached hydrogen (secondary N) is 1. The van der Waals surface area contributed by atoms with Crippen molar-refractivity contribution in [1.29, 1.82) is 0 Å². The average Bonchev–Trinajstić information content (AvgIpc) is 2.59. The molecule has 0 unspecified atom stereocenters. The minimum atomic E-state index is -0.176. The van der Waals surface area contributed by atoms with Crippen molar-refractivity contribution in [3.63, 3.8) is 0 Å². The monoisotopic (exact) mass is 325 g/mol. The van der Waals surface area contributed by atoms with Crippen LogP contribution < -0.4 is 14.8 Å². The molecule has 0 aliphatic carbocycles. The first-order chi connectivity index (χ1) is 11.6. The molecule has 0 aliphatic heterocycles. The maximum Gasteiger partial charge on any atom is 0.255 e. The molecule has 0 aliphatic rings. The number of carbonyl (C=O) groups excluding carboxylic acids is 1. The molecule has 0 saturated carbocycles. The number of anilines is 1. The predicted octanol–water partition coefficient (Wildman–Crippen LogP) is 4.54. The van der Waals surface area contributed by atoms with Crippen molar-refractivity contribution in [3.05, 3.63) is 66.7 Å². The van der Waals surface area contributed by atoms with Crippen LogP contribution in [0, 0.1) is 5.92 Å². The van der Waals surface area contributed by atoms with Crippen LogP contribution in [0.3, 0.4) is 0 Å². The smallest absolute Gasteiger partial charge is 0.255 e. The molecule has 0 saturated heterocycles. The highest BCUT2D eigenvalue weighted by molar-refractivity contribution is 6.04. The van der Waals surface area contributed by atoms with E-state index in [0.717, 1.165) is 5.75 Å². The normalized spacial score (nSPS) is 10.3. The highest BCUT2D eigenvalue weighted by Crippen LogP contribution is 2.18. The van der Waals surface area contributed by atoms with E-state index in [-0.39, 0.29) is 5.91 Å². The van der Waals surface area contributed by atoms with E-state index >= 15 is 0 Å². The molecule has 0 fully saturated rings.